The molecule has 24 heavy (non-hydrogen) atoms. The highest BCUT2D eigenvalue weighted by Crippen LogP contribution is 2.25. The second kappa shape index (κ2) is 8.73. The van der Waals surface area contributed by atoms with Gasteiger partial charge in [0.05, 0.1) is 12.4 Å². The Hall–Kier alpha value is -2.01. The molecule has 0 saturated carbocycles. The minimum atomic E-state index is -0.381. The maximum Gasteiger partial charge on any atom is 0.239 e. The van der Waals surface area contributed by atoms with Crippen molar-refractivity contribution >= 4 is 23.4 Å². The summed E-state index contributed by atoms with van der Waals surface area (Å²) in [5, 5.41) is -0.213. The first kappa shape index (κ1) is 18.3. The summed E-state index contributed by atoms with van der Waals surface area (Å²) in [5.74, 6) is 0.478. The number of hydrogen-bond donors (Lipinski definition) is 0. The van der Waals surface area contributed by atoms with E-state index in [0.29, 0.717) is 12.3 Å². The van der Waals surface area contributed by atoms with Crippen molar-refractivity contribution in [2.24, 2.45) is 0 Å². The predicted molar refractivity (Wildman–Crippen MR) is 98.2 cm³/mol. The van der Waals surface area contributed by atoms with Crippen LogP contribution in [0.5, 0.6) is 5.75 Å². The number of methoxy groups -OCH3 is 1. The second-order valence-corrected chi connectivity index (χ2v) is 6.67. The van der Waals surface area contributed by atoms with Gasteiger partial charge in [-0.15, -0.1) is 11.8 Å². The van der Waals surface area contributed by atoms with Gasteiger partial charge in [0.1, 0.15) is 0 Å². The third-order valence-corrected chi connectivity index (χ3v) is 4.92. The van der Waals surface area contributed by atoms with Crippen LogP contribution in [-0.4, -0.2) is 24.8 Å². The number of nitrogens with zero attached hydrogens (tertiary/aromatic N) is 1. The summed E-state index contributed by atoms with van der Waals surface area (Å²) in [6, 6.07) is 14.5. The fourth-order valence-electron chi connectivity index (χ4n) is 2.39. The highest BCUT2D eigenvalue weighted by atomic mass is 32.2. The molecule has 0 radical (unpaired) electrons. The minimum Gasteiger partial charge on any atom is -0.494 e. The Labute approximate surface area is 146 Å². The molecule has 0 aromatic heterocycles. The van der Waals surface area contributed by atoms with Crippen LogP contribution in [0.2, 0.25) is 0 Å². The van der Waals surface area contributed by atoms with Crippen LogP contribution in [-0.2, 0) is 10.5 Å². The van der Waals surface area contributed by atoms with Crippen molar-refractivity contribution in [2.45, 2.75) is 24.9 Å². The number of halogens is 1. The molecule has 0 N–H and O–H groups in total. The number of anilines is 1. The molecule has 0 bridgehead atoms. The van der Waals surface area contributed by atoms with Crippen molar-refractivity contribution in [1.82, 2.24) is 0 Å². The van der Waals surface area contributed by atoms with Crippen LogP contribution in [0.1, 0.15) is 19.4 Å². The largest absolute Gasteiger partial charge is 0.494 e. The molecule has 3 nitrogen and oxygen atoms in total. The quantitative estimate of drug-likeness (QED) is 0.738. The molecule has 1 atom stereocenters. The van der Waals surface area contributed by atoms with E-state index in [1.54, 1.807) is 11.0 Å². The van der Waals surface area contributed by atoms with Gasteiger partial charge >= 0.3 is 0 Å². The van der Waals surface area contributed by atoms with Crippen LogP contribution in [0.25, 0.3) is 0 Å². The van der Waals surface area contributed by atoms with E-state index in [-0.39, 0.29) is 22.7 Å². The number of thioether (sulfide) groups is 1. The Morgan fingerprint density at radius 1 is 1.25 bits per heavy atom. The van der Waals surface area contributed by atoms with Crippen LogP contribution >= 0.6 is 11.8 Å². The van der Waals surface area contributed by atoms with Crippen LogP contribution in [0.15, 0.2) is 48.5 Å². The standard InChI is InChI=1S/C19H22FNO2S/c1-4-21(16-8-6-5-7-9-16)19(22)14(2)24-13-15-10-11-18(23-3)17(20)12-15/h5-12,14H,4,13H2,1-3H3. The van der Waals surface area contributed by atoms with Crippen molar-refractivity contribution < 1.29 is 13.9 Å². The Morgan fingerprint density at radius 3 is 2.54 bits per heavy atom. The molecule has 2 aromatic rings. The first-order valence-electron chi connectivity index (χ1n) is 7.87. The van der Waals surface area contributed by atoms with E-state index in [1.807, 2.05) is 50.2 Å². The summed E-state index contributed by atoms with van der Waals surface area (Å²) in [4.78, 5) is 14.4. The third-order valence-electron chi connectivity index (χ3n) is 3.71. The van der Waals surface area contributed by atoms with Crippen molar-refractivity contribution in [3.63, 3.8) is 0 Å². The number of para-hydroxylation sites is 1. The first-order valence-corrected chi connectivity index (χ1v) is 8.92. The monoisotopic (exact) mass is 347 g/mol. The summed E-state index contributed by atoms with van der Waals surface area (Å²) < 4.78 is 18.6. The van der Waals surface area contributed by atoms with Crippen molar-refractivity contribution in [2.75, 3.05) is 18.6 Å². The molecule has 0 saturated heterocycles. The molecule has 0 fully saturated rings. The highest BCUT2D eigenvalue weighted by molar-refractivity contribution is 7.99. The number of benzene rings is 2. The van der Waals surface area contributed by atoms with Gasteiger partial charge in [-0.1, -0.05) is 24.3 Å². The normalized spacial score (nSPS) is 11.8. The fraction of sp³-hybridized carbons (Fsp3) is 0.316. The van der Waals surface area contributed by atoms with E-state index in [2.05, 4.69) is 0 Å². The fourth-order valence-corrected chi connectivity index (χ4v) is 3.28. The lowest BCUT2D eigenvalue weighted by Crippen LogP contribution is -2.36. The van der Waals surface area contributed by atoms with E-state index >= 15 is 0 Å². The zero-order valence-corrected chi connectivity index (χ0v) is 15.0. The lowest BCUT2D eigenvalue weighted by Gasteiger charge is -2.24. The molecule has 0 aliphatic rings. The average molecular weight is 347 g/mol. The van der Waals surface area contributed by atoms with E-state index in [9.17, 15) is 9.18 Å². The van der Waals surface area contributed by atoms with Gasteiger partial charge in [0.2, 0.25) is 5.91 Å². The van der Waals surface area contributed by atoms with Crippen LogP contribution in [0.3, 0.4) is 0 Å². The zero-order chi connectivity index (χ0) is 17.5. The molecule has 128 valence electrons. The molecular weight excluding hydrogens is 325 g/mol. The Balaban J connectivity index is 1.99. The van der Waals surface area contributed by atoms with Gasteiger partial charge in [-0.2, -0.15) is 0 Å². The van der Waals surface area contributed by atoms with Gasteiger partial charge in [-0.25, -0.2) is 4.39 Å². The molecule has 0 aliphatic heterocycles. The molecule has 0 spiro atoms. The van der Waals surface area contributed by atoms with Gasteiger partial charge < -0.3 is 9.64 Å². The molecule has 2 rings (SSSR count). The maximum atomic E-state index is 13.7. The van der Waals surface area contributed by atoms with Gasteiger partial charge in [0, 0.05) is 18.0 Å². The molecule has 5 heteroatoms. The smallest absolute Gasteiger partial charge is 0.239 e. The molecule has 0 heterocycles. The number of carbonyl (C=O) groups excluding carboxylic acids is 1. The number of hydrogen-bond acceptors (Lipinski definition) is 3. The van der Waals surface area contributed by atoms with Crippen LogP contribution in [0, 0.1) is 5.82 Å². The summed E-state index contributed by atoms with van der Waals surface area (Å²) in [7, 11) is 1.44. The van der Waals surface area contributed by atoms with Gasteiger partial charge in [-0.05, 0) is 43.7 Å². The molecule has 1 amide bonds. The zero-order valence-electron chi connectivity index (χ0n) is 14.2. The Kier molecular flexibility index (Phi) is 6.67. The maximum absolute atomic E-state index is 13.7. The Morgan fingerprint density at radius 2 is 1.96 bits per heavy atom. The van der Waals surface area contributed by atoms with Crippen LogP contribution < -0.4 is 9.64 Å². The van der Waals surface area contributed by atoms with Crippen molar-refractivity contribution in [3.05, 3.63) is 59.9 Å². The van der Waals surface area contributed by atoms with Crippen molar-refractivity contribution in [3.8, 4) is 5.75 Å². The number of carbonyl (C=O) groups is 1. The molecule has 0 aliphatic carbocycles. The lowest BCUT2D eigenvalue weighted by atomic mass is 10.2. The number of rotatable bonds is 7. The third kappa shape index (κ3) is 4.51. The first-order chi connectivity index (χ1) is 11.6. The molecular formula is C19H22FNO2S. The average Bonchev–Trinajstić information content (AvgIpc) is 2.61. The molecule has 2 aromatic carbocycles. The Bertz CT molecular complexity index is 678. The van der Waals surface area contributed by atoms with E-state index in [4.69, 9.17) is 4.74 Å². The number of ether oxygens (including phenoxy) is 1. The lowest BCUT2D eigenvalue weighted by molar-refractivity contribution is -0.117. The predicted octanol–water partition coefficient (Wildman–Crippen LogP) is 4.51. The summed E-state index contributed by atoms with van der Waals surface area (Å²) in [5.41, 5.74) is 1.73. The van der Waals surface area contributed by atoms with Gasteiger partial charge in [0.25, 0.3) is 0 Å². The molecule has 1 unspecified atom stereocenters. The minimum absolute atomic E-state index is 0.0580. The SMILES string of the molecule is CCN(C(=O)C(C)SCc1ccc(OC)c(F)c1)c1ccccc1. The van der Waals surface area contributed by atoms with Gasteiger partial charge in [0.15, 0.2) is 11.6 Å². The van der Waals surface area contributed by atoms with E-state index in [0.717, 1.165) is 11.3 Å². The summed E-state index contributed by atoms with van der Waals surface area (Å²) in [6.07, 6.45) is 0. The van der Waals surface area contributed by atoms with E-state index < -0.39 is 0 Å². The van der Waals surface area contributed by atoms with Crippen LogP contribution in [0.4, 0.5) is 10.1 Å². The second-order valence-electron chi connectivity index (χ2n) is 5.34. The summed E-state index contributed by atoms with van der Waals surface area (Å²) in [6.45, 7) is 4.46. The topological polar surface area (TPSA) is 29.5 Å². The highest BCUT2D eigenvalue weighted by Gasteiger charge is 2.21. The van der Waals surface area contributed by atoms with Crippen molar-refractivity contribution in [1.29, 1.82) is 0 Å². The van der Waals surface area contributed by atoms with E-state index in [1.165, 1.54) is 24.9 Å². The number of amides is 1. The summed E-state index contributed by atoms with van der Waals surface area (Å²) >= 11 is 1.50. The van der Waals surface area contributed by atoms with Gasteiger partial charge in [-0.3, -0.25) is 4.79 Å².